The molecule has 0 fully saturated rings. The van der Waals surface area contributed by atoms with E-state index in [1.165, 1.54) is 0 Å². The minimum absolute atomic E-state index is 0.0376. The number of rotatable bonds is 8. The van der Waals surface area contributed by atoms with E-state index in [2.05, 4.69) is 34.3 Å². The summed E-state index contributed by atoms with van der Waals surface area (Å²) in [5, 5.41) is 13.5. The van der Waals surface area contributed by atoms with Gasteiger partial charge in [0.2, 0.25) is 5.95 Å². The van der Waals surface area contributed by atoms with Gasteiger partial charge in [-0.3, -0.25) is 9.78 Å². The smallest absolute Gasteiger partial charge is 0.270 e. The van der Waals surface area contributed by atoms with Crippen LogP contribution in [-0.4, -0.2) is 22.8 Å². The number of hydrogen-bond donors (Lipinski definition) is 2. The second-order valence-corrected chi connectivity index (χ2v) is 7.54. The number of nitriles is 1. The predicted molar refractivity (Wildman–Crippen MR) is 122 cm³/mol. The number of aromatic amines is 1. The molecule has 2 aromatic carbocycles. The first-order valence-corrected chi connectivity index (χ1v) is 10.1. The predicted octanol–water partition coefficient (Wildman–Crippen LogP) is 4.49. The van der Waals surface area contributed by atoms with Crippen LogP contribution >= 0.6 is 0 Å². The molecule has 0 unspecified atom stereocenters. The number of ether oxygens (including phenoxy) is 1. The van der Waals surface area contributed by atoms with Crippen LogP contribution in [0.4, 0.5) is 5.95 Å². The van der Waals surface area contributed by atoms with Gasteiger partial charge in [0.25, 0.3) is 5.56 Å². The standard InChI is InChI=1S/C24H25N5O2/c1-16(2)11-12-31-21-10-9-18(13-17(21)3)15-26-29-24-27-22(19-7-5-4-6-8-19)20(14-25)23(30)28-24/h4-10,13,15-16H,11-12H2,1-3H3,(H2,27,28,29,30). The lowest BCUT2D eigenvalue weighted by molar-refractivity contribution is 0.288. The molecule has 0 spiro atoms. The molecule has 1 heterocycles. The molecule has 3 aromatic rings. The molecule has 2 N–H and O–H groups in total. The van der Waals surface area contributed by atoms with Crippen molar-refractivity contribution < 1.29 is 4.74 Å². The van der Waals surface area contributed by atoms with Crippen molar-refractivity contribution in [3.8, 4) is 23.1 Å². The Balaban J connectivity index is 1.74. The van der Waals surface area contributed by atoms with Crippen LogP contribution in [0.2, 0.25) is 0 Å². The molecule has 158 valence electrons. The fourth-order valence-corrected chi connectivity index (χ4v) is 2.92. The number of aromatic nitrogens is 2. The second kappa shape index (κ2) is 10.2. The average molecular weight is 415 g/mol. The van der Waals surface area contributed by atoms with Crippen molar-refractivity contribution in [1.29, 1.82) is 5.26 Å². The fourth-order valence-electron chi connectivity index (χ4n) is 2.92. The zero-order chi connectivity index (χ0) is 22.2. The summed E-state index contributed by atoms with van der Waals surface area (Å²) in [6.45, 7) is 7.01. The molecule has 0 bridgehead atoms. The van der Waals surface area contributed by atoms with Crippen LogP contribution in [0.1, 0.15) is 37.0 Å². The van der Waals surface area contributed by atoms with Crippen molar-refractivity contribution in [2.24, 2.45) is 11.0 Å². The molecule has 31 heavy (non-hydrogen) atoms. The largest absolute Gasteiger partial charge is 0.493 e. The summed E-state index contributed by atoms with van der Waals surface area (Å²) in [4.78, 5) is 19.2. The minimum atomic E-state index is -0.521. The maximum atomic E-state index is 12.3. The van der Waals surface area contributed by atoms with Crippen molar-refractivity contribution in [3.63, 3.8) is 0 Å². The Morgan fingerprint density at radius 1 is 1.26 bits per heavy atom. The molecule has 0 aliphatic heterocycles. The van der Waals surface area contributed by atoms with E-state index in [-0.39, 0.29) is 11.5 Å². The van der Waals surface area contributed by atoms with Crippen LogP contribution in [0.25, 0.3) is 11.3 Å². The lowest BCUT2D eigenvalue weighted by Crippen LogP contribution is -2.16. The zero-order valence-corrected chi connectivity index (χ0v) is 17.8. The molecule has 1 aromatic heterocycles. The molecule has 0 saturated heterocycles. The van der Waals surface area contributed by atoms with E-state index < -0.39 is 5.56 Å². The van der Waals surface area contributed by atoms with Gasteiger partial charge in [-0.1, -0.05) is 44.2 Å². The molecular weight excluding hydrogens is 390 g/mol. The van der Waals surface area contributed by atoms with Crippen molar-refractivity contribution in [3.05, 3.63) is 75.6 Å². The van der Waals surface area contributed by atoms with Gasteiger partial charge in [0.15, 0.2) is 0 Å². The SMILES string of the molecule is Cc1cc(C=NNc2nc(-c3ccccc3)c(C#N)c(=O)[nH]2)ccc1OCCC(C)C. The molecule has 0 amide bonds. The highest BCUT2D eigenvalue weighted by molar-refractivity contribution is 5.80. The molecule has 7 nitrogen and oxygen atoms in total. The maximum absolute atomic E-state index is 12.3. The number of aryl methyl sites for hydroxylation is 1. The fraction of sp³-hybridized carbons (Fsp3) is 0.250. The third kappa shape index (κ3) is 5.80. The Kier molecular flexibility index (Phi) is 7.17. The number of H-pyrrole nitrogens is 1. The monoisotopic (exact) mass is 415 g/mol. The van der Waals surface area contributed by atoms with Crippen LogP contribution in [-0.2, 0) is 0 Å². The van der Waals surface area contributed by atoms with E-state index in [0.29, 0.717) is 23.8 Å². The Bertz CT molecular complexity index is 1160. The van der Waals surface area contributed by atoms with Gasteiger partial charge in [-0.05, 0) is 48.6 Å². The van der Waals surface area contributed by atoms with Gasteiger partial charge < -0.3 is 4.74 Å². The van der Waals surface area contributed by atoms with Gasteiger partial charge in [0, 0.05) is 5.56 Å². The number of benzene rings is 2. The first kappa shape index (κ1) is 21.8. The number of nitrogens with one attached hydrogen (secondary N) is 2. The minimum Gasteiger partial charge on any atom is -0.493 e. The van der Waals surface area contributed by atoms with E-state index in [1.54, 1.807) is 18.3 Å². The van der Waals surface area contributed by atoms with Gasteiger partial charge in [-0.15, -0.1) is 0 Å². The average Bonchev–Trinajstić information content (AvgIpc) is 2.75. The topological polar surface area (TPSA) is 103 Å². The summed E-state index contributed by atoms with van der Waals surface area (Å²) in [5.74, 6) is 1.61. The van der Waals surface area contributed by atoms with Crippen LogP contribution in [0.15, 0.2) is 58.4 Å². The van der Waals surface area contributed by atoms with Crippen molar-refractivity contribution in [1.82, 2.24) is 9.97 Å². The first-order valence-electron chi connectivity index (χ1n) is 10.1. The van der Waals surface area contributed by atoms with E-state index in [4.69, 9.17) is 4.74 Å². The summed E-state index contributed by atoms with van der Waals surface area (Å²) in [5.41, 5.74) is 5.06. The molecule has 0 atom stereocenters. The summed E-state index contributed by atoms with van der Waals surface area (Å²) >= 11 is 0. The highest BCUT2D eigenvalue weighted by Crippen LogP contribution is 2.20. The van der Waals surface area contributed by atoms with Gasteiger partial charge in [0.1, 0.15) is 17.4 Å². The maximum Gasteiger partial charge on any atom is 0.270 e. The highest BCUT2D eigenvalue weighted by Gasteiger charge is 2.12. The van der Waals surface area contributed by atoms with Gasteiger partial charge in [-0.2, -0.15) is 10.4 Å². The lowest BCUT2D eigenvalue weighted by atomic mass is 10.1. The number of anilines is 1. The lowest BCUT2D eigenvalue weighted by Gasteiger charge is -2.11. The molecule has 7 heteroatoms. The number of nitrogens with zero attached hydrogens (tertiary/aromatic N) is 3. The summed E-state index contributed by atoms with van der Waals surface area (Å²) < 4.78 is 5.83. The van der Waals surface area contributed by atoms with E-state index >= 15 is 0 Å². The number of hydrazone groups is 1. The van der Waals surface area contributed by atoms with Gasteiger partial charge >= 0.3 is 0 Å². The quantitative estimate of drug-likeness (QED) is 0.417. The Hall–Kier alpha value is -3.92. The molecule has 0 radical (unpaired) electrons. The summed E-state index contributed by atoms with van der Waals surface area (Å²) in [6, 6.07) is 16.8. The number of hydrogen-bond acceptors (Lipinski definition) is 6. The van der Waals surface area contributed by atoms with Gasteiger partial charge in [-0.25, -0.2) is 10.4 Å². The molecule has 0 aliphatic carbocycles. The van der Waals surface area contributed by atoms with Crippen LogP contribution in [0.5, 0.6) is 5.75 Å². The zero-order valence-electron chi connectivity index (χ0n) is 17.8. The van der Waals surface area contributed by atoms with Crippen LogP contribution < -0.4 is 15.7 Å². The Morgan fingerprint density at radius 3 is 2.71 bits per heavy atom. The molecule has 0 saturated carbocycles. The van der Waals surface area contributed by atoms with E-state index in [9.17, 15) is 10.1 Å². The third-order valence-electron chi connectivity index (χ3n) is 4.61. The third-order valence-corrected chi connectivity index (χ3v) is 4.61. The summed E-state index contributed by atoms with van der Waals surface area (Å²) in [7, 11) is 0. The van der Waals surface area contributed by atoms with Gasteiger partial charge in [0.05, 0.1) is 18.5 Å². The van der Waals surface area contributed by atoms with Crippen molar-refractivity contribution in [2.75, 3.05) is 12.0 Å². The van der Waals surface area contributed by atoms with Crippen LogP contribution in [0, 0.1) is 24.2 Å². The molecular formula is C24H25N5O2. The normalized spacial score (nSPS) is 10.9. The Morgan fingerprint density at radius 2 is 2.03 bits per heavy atom. The Labute approximate surface area is 181 Å². The molecule has 3 rings (SSSR count). The van der Waals surface area contributed by atoms with Crippen LogP contribution in [0.3, 0.4) is 0 Å². The van der Waals surface area contributed by atoms with E-state index in [1.807, 2.05) is 49.4 Å². The highest BCUT2D eigenvalue weighted by atomic mass is 16.5. The molecule has 0 aliphatic rings. The first-order chi connectivity index (χ1) is 15.0. The van der Waals surface area contributed by atoms with Crippen molar-refractivity contribution >= 4 is 12.2 Å². The van der Waals surface area contributed by atoms with E-state index in [0.717, 1.165) is 23.3 Å². The van der Waals surface area contributed by atoms with Crippen molar-refractivity contribution in [2.45, 2.75) is 27.2 Å². The second-order valence-electron chi connectivity index (χ2n) is 7.54. The summed E-state index contributed by atoms with van der Waals surface area (Å²) in [6.07, 6.45) is 2.64.